The molecule has 0 amide bonds. The van der Waals surface area contributed by atoms with Crippen LogP contribution in [0.5, 0.6) is 0 Å². The summed E-state index contributed by atoms with van der Waals surface area (Å²) < 4.78 is 3.24. The molecule has 2 rings (SSSR count). The van der Waals surface area contributed by atoms with Crippen molar-refractivity contribution in [2.45, 2.75) is 33.7 Å². The van der Waals surface area contributed by atoms with Crippen LogP contribution >= 0.6 is 15.9 Å². The van der Waals surface area contributed by atoms with Crippen LogP contribution in [0.15, 0.2) is 28.7 Å². The zero-order valence-electron chi connectivity index (χ0n) is 10.5. The Kier molecular flexibility index (Phi) is 3.67. The molecule has 0 unspecified atom stereocenters. The third-order valence-electron chi connectivity index (χ3n) is 3.16. The van der Waals surface area contributed by atoms with Crippen molar-refractivity contribution in [3.63, 3.8) is 0 Å². The summed E-state index contributed by atoms with van der Waals surface area (Å²) in [7, 11) is 0. The predicted molar refractivity (Wildman–Crippen MR) is 74.3 cm³/mol. The summed E-state index contributed by atoms with van der Waals surface area (Å²) in [5.41, 5.74) is 5.07. The molecule has 0 saturated carbocycles. The number of hydrogen-bond donors (Lipinski definition) is 0. The highest BCUT2D eigenvalue weighted by atomic mass is 79.9. The van der Waals surface area contributed by atoms with Gasteiger partial charge in [-0.1, -0.05) is 41.1 Å². The Bertz CT molecular complexity index is 529. The van der Waals surface area contributed by atoms with E-state index in [2.05, 4.69) is 64.7 Å². The van der Waals surface area contributed by atoms with E-state index in [-0.39, 0.29) is 0 Å². The van der Waals surface area contributed by atoms with E-state index in [1.165, 1.54) is 16.8 Å². The monoisotopic (exact) mass is 292 g/mol. The van der Waals surface area contributed by atoms with E-state index in [9.17, 15) is 0 Å². The highest BCUT2D eigenvalue weighted by Crippen LogP contribution is 2.19. The van der Waals surface area contributed by atoms with Gasteiger partial charge in [0.1, 0.15) is 0 Å². The van der Waals surface area contributed by atoms with Crippen LogP contribution in [0.4, 0.5) is 0 Å². The quantitative estimate of drug-likeness (QED) is 0.840. The maximum atomic E-state index is 4.61. The Morgan fingerprint density at radius 1 is 1.24 bits per heavy atom. The van der Waals surface area contributed by atoms with Crippen LogP contribution in [0, 0.1) is 13.8 Å². The molecule has 1 aromatic heterocycles. The lowest BCUT2D eigenvalue weighted by molar-refractivity contribution is 0.656. The lowest BCUT2D eigenvalue weighted by atomic mass is 10.1. The Morgan fingerprint density at radius 2 is 1.94 bits per heavy atom. The molecule has 17 heavy (non-hydrogen) atoms. The largest absolute Gasteiger partial charge is 0.265 e. The number of hydrogen-bond acceptors (Lipinski definition) is 1. The van der Waals surface area contributed by atoms with Gasteiger partial charge in [0.25, 0.3) is 0 Å². The first-order chi connectivity index (χ1) is 8.13. The van der Waals surface area contributed by atoms with Crippen LogP contribution in [0.2, 0.25) is 0 Å². The first-order valence-electron chi connectivity index (χ1n) is 5.89. The molecule has 2 nitrogen and oxygen atoms in total. The highest BCUT2D eigenvalue weighted by molar-refractivity contribution is 9.10. The van der Waals surface area contributed by atoms with Gasteiger partial charge in [0.05, 0.1) is 12.2 Å². The molecule has 2 aromatic rings. The first kappa shape index (κ1) is 12.4. The molecular formula is C14H17BrN2. The molecule has 0 radical (unpaired) electrons. The molecule has 90 valence electrons. The highest BCUT2D eigenvalue weighted by Gasteiger charge is 2.10. The molecule has 3 heteroatoms. The third-order valence-corrected chi connectivity index (χ3v) is 3.94. The molecule has 0 N–H and O–H groups in total. The van der Waals surface area contributed by atoms with E-state index in [0.717, 1.165) is 23.1 Å². The molecule has 1 aromatic carbocycles. The normalized spacial score (nSPS) is 10.8. The summed E-state index contributed by atoms with van der Waals surface area (Å²) in [6.07, 6.45) is 1.05. The summed E-state index contributed by atoms with van der Waals surface area (Å²) in [5.74, 6) is 0. The zero-order valence-corrected chi connectivity index (χ0v) is 12.1. The van der Waals surface area contributed by atoms with Crippen molar-refractivity contribution in [3.05, 3.63) is 51.3 Å². The summed E-state index contributed by atoms with van der Waals surface area (Å²) in [6.45, 7) is 7.24. The van der Waals surface area contributed by atoms with E-state index in [1.54, 1.807) is 0 Å². The number of nitrogens with zero attached hydrogens (tertiary/aromatic N) is 2. The fourth-order valence-corrected chi connectivity index (χ4v) is 2.60. The molecule has 0 bridgehead atoms. The average Bonchev–Trinajstić information content (AvgIpc) is 2.57. The average molecular weight is 293 g/mol. The number of halogens is 1. The summed E-state index contributed by atoms with van der Waals surface area (Å²) in [4.78, 5) is 0. The fourth-order valence-electron chi connectivity index (χ4n) is 2.19. The molecule has 0 aliphatic heterocycles. The predicted octanol–water partition coefficient (Wildman–Crippen LogP) is 3.87. The van der Waals surface area contributed by atoms with E-state index in [4.69, 9.17) is 0 Å². The van der Waals surface area contributed by atoms with Gasteiger partial charge in [0.15, 0.2) is 0 Å². The lowest BCUT2D eigenvalue weighted by Crippen LogP contribution is -2.04. The van der Waals surface area contributed by atoms with Crippen molar-refractivity contribution >= 4 is 15.9 Å². The molecule has 0 aliphatic carbocycles. The number of aryl methyl sites for hydroxylation is 1. The number of benzene rings is 1. The van der Waals surface area contributed by atoms with Crippen LogP contribution in [0.25, 0.3) is 0 Å². The van der Waals surface area contributed by atoms with E-state index in [0.29, 0.717) is 0 Å². The van der Waals surface area contributed by atoms with Gasteiger partial charge in [-0.3, -0.25) is 4.68 Å². The maximum Gasteiger partial charge on any atom is 0.0673 e. The van der Waals surface area contributed by atoms with Gasteiger partial charge in [-0.05, 0) is 37.5 Å². The zero-order chi connectivity index (χ0) is 12.4. The van der Waals surface area contributed by atoms with Gasteiger partial charge in [-0.2, -0.15) is 5.10 Å². The second-order valence-corrected chi connectivity index (χ2v) is 5.11. The Balaban J connectivity index is 2.34. The van der Waals surface area contributed by atoms with Crippen LogP contribution < -0.4 is 0 Å². The molecule has 1 heterocycles. The van der Waals surface area contributed by atoms with Crippen LogP contribution in [0.1, 0.15) is 29.4 Å². The lowest BCUT2D eigenvalue weighted by Gasteiger charge is -2.07. The van der Waals surface area contributed by atoms with Crippen molar-refractivity contribution in [2.75, 3.05) is 0 Å². The van der Waals surface area contributed by atoms with Crippen molar-refractivity contribution in [2.24, 2.45) is 0 Å². The summed E-state index contributed by atoms with van der Waals surface area (Å²) >= 11 is 3.58. The standard InChI is InChI=1S/C14H17BrN2/c1-4-13-10(2)16-17(11(13)3)9-12-7-5-6-8-14(12)15/h5-8H,4,9H2,1-3H3. The second kappa shape index (κ2) is 5.05. The summed E-state index contributed by atoms with van der Waals surface area (Å²) in [5, 5.41) is 4.61. The maximum absolute atomic E-state index is 4.61. The minimum atomic E-state index is 0.827. The van der Waals surface area contributed by atoms with Gasteiger partial charge in [-0.25, -0.2) is 0 Å². The number of aromatic nitrogens is 2. The van der Waals surface area contributed by atoms with Gasteiger partial charge < -0.3 is 0 Å². The second-order valence-electron chi connectivity index (χ2n) is 4.25. The molecule has 0 spiro atoms. The SMILES string of the molecule is CCc1c(C)nn(Cc2ccccc2Br)c1C. The summed E-state index contributed by atoms with van der Waals surface area (Å²) in [6, 6.07) is 8.30. The van der Waals surface area contributed by atoms with Crippen LogP contribution in [-0.2, 0) is 13.0 Å². The van der Waals surface area contributed by atoms with E-state index in [1.807, 2.05) is 6.07 Å². The van der Waals surface area contributed by atoms with E-state index >= 15 is 0 Å². The number of rotatable bonds is 3. The Labute approximate surface area is 111 Å². The smallest absolute Gasteiger partial charge is 0.0673 e. The van der Waals surface area contributed by atoms with Crippen molar-refractivity contribution in [3.8, 4) is 0 Å². The van der Waals surface area contributed by atoms with Crippen LogP contribution in [0.3, 0.4) is 0 Å². The molecule has 0 saturated heterocycles. The first-order valence-corrected chi connectivity index (χ1v) is 6.69. The van der Waals surface area contributed by atoms with Gasteiger partial charge >= 0.3 is 0 Å². The minimum absolute atomic E-state index is 0.827. The van der Waals surface area contributed by atoms with E-state index < -0.39 is 0 Å². The Hall–Kier alpha value is -1.09. The Morgan fingerprint density at radius 3 is 2.53 bits per heavy atom. The molecular weight excluding hydrogens is 276 g/mol. The minimum Gasteiger partial charge on any atom is -0.265 e. The van der Waals surface area contributed by atoms with Gasteiger partial charge in [-0.15, -0.1) is 0 Å². The molecule has 0 fully saturated rings. The molecule has 0 atom stereocenters. The van der Waals surface area contributed by atoms with Gasteiger partial charge in [0.2, 0.25) is 0 Å². The van der Waals surface area contributed by atoms with Gasteiger partial charge in [0, 0.05) is 10.2 Å². The molecule has 0 aliphatic rings. The van der Waals surface area contributed by atoms with Crippen LogP contribution in [-0.4, -0.2) is 9.78 Å². The van der Waals surface area contributed by atoms with Crippen molar-refractivity contribution < 1.29 is 0 Å². The third kappa shape index (κ3) is 2.44. The fraction of sp³-hybridized carbons (Fsp3) is 0.357. The van der Waals surface area contributed by atoms with Crippen molar-refractivity contribution in [1.29, 1.82) is 0 Å². The topological polar surface area (TPSA) is 17.8 Å². The van der Waals surface area contributed by atoms with Crippen molar-refractivity contribution in [1.82, 2.24) is 9.78 Å².